The number of fused-ring (bicyclic) bond motifs is 3. The van der Waals surface area contributed by atoms with Gasteiger partial charge in [0.15, 0.2) is 11.2 Å². The molecule has 1 aromatic carbocycles. The van der Waals surface area contributed by atoms with Gasteiger partial charge in [-0.3, -0.25) is 9.36 Å². The van der Waals surface area contributed by atoms with Gasteiger partial charge in [0.25, 0.3) is 5.56 Å². The second-order valence-electron chi connectivity index (χ2n) is 6.16. The Hall–Kier alpha value is -4.08. The van der Waals surface area contributed by atoms with Crippen molar-refractivity contribution in [3.63, 3.8) is 0 Å². The number of hydrogen-bond acceptors (Lipinski definition) is 7. The van der Waals surface area contributed by atoms with Crippen LogP contribution in [-0.4, -0.2) is 46.7 Å². The first-order valence-electron chi connectivity index (χ1n) is 8.45. The van der Waals surface area contributed by atoms with Crippen molar-refractivity contribution in [2.75, 3.05) is 7.11 Å². The lowest BCUT2D eigenvalue weighted by Gasteiger charge is -2.05. The quantitative estimate of drug-likeness (QED) is 0.509. The molecule has 4 heterocycles. The van der Waals surface area contributed by atoms with E-state index in [4.69, 9.17) is 4.74 Å². The predicted molar refractivity (Wildman–Crippen MR) is 101 cm³/mol. The van der Waals surface area contributed by atoms with Crippen LogP contribution in [0.2, 0.25) is 0 Å². The van der Waals surface area contributed by atoms with Crippen LogP contribution in [0.3, 0.4) is 0 Å². The summed E-state index contributed by atoms with van der Waals surface area (Å²) in [6.45, 7) is 1.90. The van der Waals surface area contributed by atoms with Crippen LogP contribution in [0.25, 0.3) is 33.8 Å². The lowest BCUT2D eigenvalue weighted by atomic mass is 10.1. The number of aromatic amines is 1. The average molecular weight is 374 g/mol. The Morgan fingerprint density at radius 2 is 1.93 bits per heavy atom. The smallest absolute Gasteiger partial charge is 0.287 e. The van der Waals surface area contributed by atoms with Gasteiger partial charge >= 0.3 is 0 Å². The second kappa shape index (κ2) is 5.98. The van der Waals surface area contributed by atoms with Crippen molar-refractivity contribution >= 4 is 16.7 Å². The Balaban J connectivity index is 1.75. The van der Waals surface area contributed by atoms with E-state index in [-0.39, 0.29) is 11.1 Å². The lowest BCUT2D eigenvalue weighted by molar-refractivity contribution is 0.415. The van der Waals surface area contributed by atoms with Gasteiger partial charge < -0.3 is 4.74 Å². The molecule has 0 atom stereocenters. The minimum atomic E-state index is -0.359. The number of nitrogens with one attached hydrogen (secondary N) is 1. The molecule has 0 saturated heterocycles. The molecule has 138 valence electrons. The van der Waals surface area contributed by atoms with E-state index in [1.165, 1.54) is 10.9 Å². The normalized spacial score (nSPS) is 11.4. The van der Waals surface area contributed by atoms with Crippen molar-refractivity contribution in [3.8, 4) is 22.8 Å². The summed E-state index contributed by atoms with van der Waals surface area (Å²) in [5, 5.41) is 19.5. The number of methoxy groups -OCH3 is 1. The third-order valence-corrected chi connectivity index (χ3v) is 4.56. The van der Waals surface area contributed by atoms with Gasteiger partial charge in [-0.1, -0.05) is 12.1 Å². The van der Waals surface area contributed by atoms with Crippen LogP contribution < -0.4 is 10.3 Å². The molecule has 0 saturated carbocycles. The summed E-state index contributed by atoms with van der Waals surface area (Å²) in [4.78, 5) is 16.8. The number of rotatable bonds is 3. The zero-order valence-corrected chi connectivity index (χ0v) is 15.0. The van der Waals surface area contributed by atoms with Crippen LogP contribution in [0.1, 0.15) is 5.69 Å². The van der Waals surface area contributed by atoms with Crippen molar-refractivity contribution < 1.29 is 4.74 Å². The number of hydrogen-bond donors (Lipinski definition) is 1. The Kier molecular flexibility index (Phi) is 3.44. The zero-order chi connectivity index (χ0) is 19.3. The molecule has 0 aliphatic heterocycles. The van der Waals surface area contributed by atoms with Crippen molar-refractivity contribution in [1.82, 2.24) is 39.6 Å². The molecule has 10 nitrogen and oxygen atoms in total. The van der Waals surface area contributed by atoms with Gasteiger partial charge in [0, 0.05) is 6.20 Å². The number of aryl methyl sites for hydroxylation is 1. The fourth-order valence-electron chi connectivity index (χ4n) is 3.23. The van der Waals surface area contributed by atoms with Gasteiger partial charge in [-0.05, 0) is 30.7 Å². The molecule has 0 amide bonds. The van der Waals surface area contributed by atoms with Crippen molar-refractivity contribution in [1.29, 1.82) is 0 Å². The summed E-state index contributed by atoms with van der Waals surface area (Å²) in [6.07, 6.45) is 2.94. The maximum absolute atomic E-state index is 12.8. The highest BCUT2D eigenvalue weighted by molar-refractivity contribution is 5.84. The number of H-pyrrole nitrogens is 1. The molecule has 0 aliphatic carbocycles. The monoisotopic (exact) mass is 374 g/mol. The topological polar surface area (TPSA) is 116 Å². The molecule has 5 rings (SSSR count). The Labute approximate surface area is 157 Å². The summed E-state index contributed by atoms with van der Waals surface area (Å²) in [5.41, 5.74) is 3.55. The SMILES string of the molecule is COc1ccc(-c2c(C)nn3c2nnc2c(=O)n(-c4ncn[nH]4)ccc23)cc1. The van der Waals surface area contributed by atoms with Crippen LogP contribution in [-0.2, 0) is 0 Å². The van der Waals surface area contributed by atoms with Gasteiger partial charge in [-0.2, -0.15) is 15.2 Å². The van der Waals surface area contributed by atoms with Gasteiger partial charge in [-0.25, -0.2) is 9.61 Å². The van der Waals surface area contributed by atoms with Crippen LogP contribution in [0, 0.1) is 6.92 Å². The van der Waals surface area contributed by atoms with Crippen molar-refractivity contribution in [2.24, 2.45) is 0 Å². The number of nitrogens with zero attached hydrogens (tertiary/aromatic N) is 7. The summed E-state index contributed by atoms with van der Waals surface area (Å²) < 4.78 is 8.19. The van der Waals surface area contributed by atoms with E-state index in [1.54, 1.807) is 23.9 Å². The van der Waals surface area contributed by atoms with Crippen LogP contribution in [0.5, 0.6) is 5.75 Å². The average Bonchev–Trinajstić information content (AvgIpc) is 3.36. The third kappa shape index (κ3) is 2.28. The minimum absolute atomic E-state index is 0.190. The highest BCUT2D eigenvalue weighted by Gasteiger charge is 2.18. The third-order valence-electron chi connectivity index (χ3n) is 4.56. The predicted octanol–water partition coefficient (Wildman–Crippen LogP) is 1.53. The number of ether oxygens (including phenoxy) is 1. The van der Waals surface area contributed by atoms with Crippen molar-refractivity contribution in [2.45, 2.75) is 6.92 Å². The molecule has 4 aromatic heterocycles. The maximum atomic E-state index is 12.8. The summed E-state index contributed by atoms with van der Waals surface area (Å²) >= 11 is 0. The summed E-state index contributed by atoms with van der Waals surface area (Å²) in [7, 11) is 1.62. The van der Waals surface area contributed by atoms with E-state index < -0.39 is 0 Å². The van der Waals surface area contributed by atoms with Gasteiger partial charge in [0.05, 0.1) is 18.4 Å². The van der Waals surface area contributed by atoms with E-state index in [1.807, 2.05) is 31.2 Å². The van der Waals surface area contributed by atoms with E-state index in [0.29, 0.717) is 17.1 Å². The standard InChI is InChI=1S/C18H14N8O2/c1-10-14(11-3-5-12(28-2)6-4-11)16-22-21-15-13(26(16)24-10)7-8-25(17(15)27)18-19-9-20-23-18/h3-9H,1-2H3,(H,19,20,23). The molecule has 10 heteroatoms. The van der Waals surface area contributed by atoms with Gasteiger partial charge in [-0.15, -0.1) is 10.2 Å². The van der Waals surface area contributed by atoms with Gasteiger partial charge in [0.1, 0.15) is 17.6 Å². The summed E-state index contributed by atoms with van der Waals surface area (Å²) in [5.74, 6) is 1.08. The second-order valence-corrected chi connectivity index (χ2v) is 6.16. The molecule has 28 heavy (non-hydrogen) atoms. The molecule has 0 unspecified atom stereocenters. The van der Waals surface area contributed by atoms with Crippen LogP contribution in [0.4, 0.5) is 0 Å². The molecule has 1 N–H and O–H groups in total. The molecule has 0 spiro atoms. The van der Waals surface area contributed by atoms with Crippen LogP contribution >= 0.6 is 0 Å². The lowest BCUT2D eigenvalue weighted by Crippen LogP contribution is -2.21. The molecule has 0 radical (unpaired) electrons. The Bertz CT molecular complexity index is 1370. The highest BCUT2D eigenvalue weighted by Crippen LogP contribution is 2.29. The zero-order valence-electron chi connectivity index (χ0n) is 15.0. The first-order chi connectivity index (χ1) is 13.7. The van der Waals surface area contributed by atoms with E-state index >= 15 is 0 Å². The largest absolute Gasteiger partial charge is 0.497 e. The van der Waals surface area contributed by atoms with Crippen LogP contribution in [0.15, 0.2) is 47.7 Å². The van der Waals surface area contributed by atoms with Gasteiger partial charge in [0.2, 0.25) is 5.95 Å². The molecule has 0 bridgehead atoms. The Morgan fingerprint density at radius 1 is 1.11 bits per heavy atom. The van der Waals surface area contributed by atoms with E-state index in [9.17, 15) is 4.79 Å². The van der Waals surface area contributed by atoms with Crippen molar-refractivity contribution in [3.05, 3.63) is 58.9 Å². The molecular weight excluding hydrogens is 360 g/mol. The molecule has 5 aromatic rings. The number of pyridine rings is 1. The molecule has 0 aliphatic rings. The minimum Gasteiger partial charge on any atom is -0.497 e. The Morgan fingerprint density at radius 3 is 2.64 bits per heavy atom. The summed E-state index contributed by atoms with van der Waals surface area (Å²) in [6, 6.07) is 9.39. The first kappa shape index (κ1) is 16.1. The van der Waals surface area contributed by atoms with E-state index in [0.717, 1.165) is 22.6 Å². The first-order valence-corrected chi connectivity index (χ1v) is 8.45. The maximum Gasteiger partial charge on any atom is 0.287 e. The molecular formula is C18H14N8O2. The number of aromatic nitrogens is 8. The molecule has 0 fully saturated rings. The highest BCUT2D eigenvalue weighted by atomic mass is 16.5. The number of benzene rings is 1. The van der Waals surface area contributed by atoms with E-state index in [2.05, 4.69) is 30.5 Å². The fourth-order valence-corrected chi connectivity index (χ4v) is 3.23. The fraction of sp³-hybridized carbons (Fsp3) is 0.111.